The van der Waals surface area contributed by atoms with Gasteiger partial charge in [0.15, 0.2) is 6.35 Å². The fourth-order valence-electron chi connectivity index (χ4n) is 5.23. The zero-order valence-corrected chi connectivity index (χ0v) is 31.2. The van der Waals surface area contributed by atoms with E-state index in [0.29, 0.717) is 42.0 Å². The van der Waals surface area contributed by atoms with Gasteiger partial charge in [-0.3, -0.25) is 4.79 Å². The molecule has 0 aliphatic heterocycles. The van der Waals surface area contributed by atoms with Crippen LogP contribution in [-0.4, -0.2) is 54.6 Å². The van der Waals surface area contributed by atoms with Crippen molar-refractivity contribution in [3.8, 4) is 0 Å². The number of carbonyl (C=O) groups is 1. The summed E-state index contributed by atoms with van der Waals surface area (Å²) in [7, 11) is -0.454. The first-order chi connectivity index (χ1) is 24.5. The van der Waals surface area contributed by atoms with Crippen LogP contribution >= 0.6 is 7.26 Å². The summed E-state index contributed by atoms with van der Waals surface area (Å²) in [6.07, 6.45) is 1.30. The zero-order chi connectivity index (χ0) is 35.0. The first-order valence-electron chi connectivity index (χ1n) is 15.9. The normalized spacial score (nSPS) is 12.5. The van der Waals surface area contributed by atoms with E-state index in [1.54, 1.807) is 31.3 Å². The third-order valence-electron chi connectivity index (χ3n) is 7.69. The van der Waals surface area contributed by atoms with Gasteiger partial charge in [0.05, 0.1) is 6.61 Å². The molecule has 0 aromatic heterocycles. The van der Waals surface area contributed by atoms with Crippen molar-refractivity contribution in [1.29, 1.82) is 0 Å². The Kier molecular flexibility index (Phi) is 15.6. The fraction of sp³-hybridized carbons (Fsp3) is 0.103. The van der Waals surface area contributed by atoms with E-state index >= 15 is 0 Å². The summed E-state index contributed by atoms with van der Waals surface area (Å²) >= 11 is 10.8. The van der Waals surface area contributed by atoms with Gasteiger partial charge in [-0.1, -0.05) is 109 Å². The van der Waals surface area contributed by atoms with Gasteiger partial charge in [-0.2, -0.15) is 10.2 Å². The quantitative estimate of drug-likeness (QED) is 0.0236. The van der Waals surface area contributed by atoms with Crippen LogP contribution in [0.25, 0.3) is 0 Å². The summed E-state index contributed by atoms with van der Waals surface area (Å²) < 4.78 is 6.46. The molecule has 1 radical (unpaired) electrons. The van der Waals surface area contributed by atoms with Crippen molar-refractivity contribution in [3.05, 3.63) is 162 Å². The Bertz CT molecular complexity index is 1850. The molecule has 0 bridgehead atoms. The first-order valence-corrected chi connectivity index (χ1v) is 18.6. The number of benzene rings is 5. The van der Waals surface area contributed by atoms with Gasteiger partial charge in [0.2, 0.25) is 0 Å². The van der Waals surface area contributed by atoms with E-state index in [9.17, 15) is 4.79 Å². The van der Waals surface area contributed by atoms with Crippen molar-refractivity contribution in [3.63, 3.8) is 0 Å². The van der Waals surface area contributed by atoms with E-state index in [4.69, 9.17) is 30.0 Å². The number of hydrogen-bond donors (Lipinski definition) is 2. The van der Waals surface area contributed by atoms with Gasteiger partial charge in [-0.25, -0.2) is 0 Å². The minimum atomic E-state index is -2.12. The molecule has 0 saturated carbocycles. The number of carbonyl (C=O) groups excluding carboxylic acids is 1. The smallest absolute Gasteiger partial charge is 0.741 e. The molecule has 0 aliphatic carbocycles. The average Bonchev–Trinajstić information content (AvgIpc) is 3.19. The molecule has 5 aromatic rings. The van der Waals surface area contributed by atoms with E-state index in [1.807, 2.05) is 48.5 Å². The molecule has 8 nitrogen and oxygen atoms in total. The van der Waals surface area contributed by atoms with Crippen LogP contribution in [0, 0.1) is 0 Å². The molecule has 0 amide bonds. The number of nitrogens with zero attached hydrogens (tertiary/aromatic N) is 4. The Balaban J connectivity index is 0.00000583. The van der Waals surface area contributed by atoms with Crippen molar-refractivity contribution < 1.29 is 26.6 Å². The predicted octanol–water partition coefficient (Wildman–Crippen LogP) is 5.19. The van der Waals surface area contributed by atoms with Crippen molar-refractivity contribution in [2.75, 3.05) is 26.5 Å². The van der Waals surface area contributed by atoms with Crippen molar-refractivity contribution in [2.24, 2.45) is 20.4 Å². The van der Waals surface area contributed by atoms with E-state index in [-0.39, 0.29) is 27.4 Å². The van der Waals surface area contributed by atoms with Crippen LogP contribution in [0.2, 0.25) is 0 Å². The maximum Gasteiger partial charge on any atom is 2.00 e. The average molecular weight is 779 g/mol. The van der Waals surface area contributed by atoms with Gasteiger partial charge in [-0.15, -0.1) is 10.2 Å². The molecule has 0 atom stereocenters. The molecular weight excluding hydrogens is 743 g/mol. The number of amidine groups is 2. The van der Waals surface area contributed by atoms with Crippen LogP contribution in [-0.2, 0) is 47.1 Å². The van der Waals surface area contributed by atoms with E-state index in [2.05, 4.69) is 104 Å². The molecule has 0 fully saturated rings. The standard InChI is InChI=1S/C39H37N6O2PS2.Cu/c1-40-38(49)44-42-37(32-24-22-30(28-46)23-25-32)36(31-14-6-2-7-15-31)43-45-39(50)41-26-27-47-29-48(33-16-8-3-9-17-33,34-18-10-4-11-19-34)35-20-12-5-13-21-35;/h2-25,28H,26-27,29H2,1H3,(H3-,40,41,42,43,44,45,46,49,50);/q;+2/p-1. The Labute approximate surface area is 321 Å². The van der Waals surface area contributed by atoms with Gasteiger partial charge >= 0.3 is 17.1 Å². The Morgan fingerprint density at radius 3 is 1.51 bits per heavy atom. The number of hydrogen-bond acceptors (Lipinski definition) is 8. The second-order valence-corrected chi connectivity index (χ2v) is 15.0. The molecule has 2 N–H and O–H groups in total. The minimum Gasteiger partial charge on any atom is -0.741 e. The molecule has 0 aliphatic rings. The van der Waals surface area contributed by atoms with Gasteiger partial charge in [0, 0.05) is 30.3 Å². The second kappa shape index (κ2) is 20.3. The maximum atomic E-state index is 11.3. The summed E-state index contributed by atoms with van der Waals surface area (Å²) in [5, 5.41) is 27.6. The molecule has 0 saturated heterocycles. The third-order valence-corrected chi connectivity index (χ3v) is 12.3. The van der Waals surface area contributed by atoms with Gasteiger partial charge in [-0.05, 0) is 46.7 Å². The van der Waals surface area contributed by atoms with Gasteiger partial charge < -0.3 is 40.6 Å². The molecule has 0 heterocycles. The van der Waals surface area contributed by atoms with E-state index in [1.165, 1.54) is 15.9 Å². The monoisotopic (exact) mass is 778 g/mol. The molecule has 51 heavy (non-hydrogen) atoms. The maximum absolute atomic E-state index is 11.3. The summed E-state index contributed by atoms with van der Waals surface area (Å²) in [6, 6.07) is 48.2. The topological polar surface area (TPSA) is 99.8 Å². The minimum absolute atomic E-state index is 0. The van der Waals surface area contributed by atoms with Crippen LogP contribution in [0.15, 0.2) is 166 Å². The summed E-state index contributed by atoms with van der Waals surface area (Å²) in [6.45, 7) is 0.825. The van der Waals surface area contributed by atoms with Crippen LogP contribution < -0.4 is 26.5 Å². The van der Waals surface area contributed by atoms with Crippen molar-refractivity contribution in [2.45, 2.75) is 0 Å². The van der Waals surface area contributed by atoms with Gasteiger partial charge in [0.25, 0.3) is 0 Å². The van der Waals surface area contributed by atoms with Crippen LogP contribution in [0.1, 0.15) is 21.5 Å². The van der Waals surface area contributed by atoms with E-state index < -0.39 is 7.26 Å². The van der Waals surface area contributed by atoms with Crippen molar-refractivity contribution >= 4 is 76.5 Å². The molecule has 12 heteroatoms. The molecule has 0 unspecified atom stereocenters. The van der Waals surface area contributed by atoms with Crippen LogP contribution in [0.3, 0.4) is 0 Å². The summed E-state index contributed by atoms with van der Waals surface area (Å²) in [5.41, 5.74) is 2.78. The molecular formula is C39H36CuN6O2PS2+. The summed E-state index contributed by atoms with van der Waals surface area (Å²) in [5.74, 6) is 0. The number of ether oxygens (including phenoxy) is 1. The predicted molar refractivity (Wildman–Crippen MR) is 214 cm³/mol. The zero-order valence-electron chi connectivity index (χ0n) is 27.7. The first kappa shape index (κ1) is 39.2. The van der Waals surface area contributed by atoms with E-state index in [0.717, 1.165) is 11.8 Å². The number of aldehydes is 1. The van der Waals surface area contributed by atoms with Crippen LogP contribution in [0.5, 0.6) is 0 Å². The Hall–Kier alpha value is -4.60. The Morgan fingerprint density at radius 1 is 0.627 bits per heavy atom. The second-order valence-electron chi connectivity index (χ2n) is 10.8. The molecule has 5 aromatic carbocycles. The largest absolute Gasteiger partial charge is 2.00 e. The SMILES string of the molecule is CN/C([S-])=N/N=C(/C(=N/N=C(\[S-])NCCOC[P+](c1ccccc1)(c1ccccc1)c1ccccc1)c1ccccc1)c1ccc(C=O)cc1.[Cu+2]. The molecule has 261 valence electrons. The van der Waals surface area contributed by atoms with Crippen LogP contribution in [0.4, 0.5) is 0 Å². The molecule has 0 spiro atoms. The fourth-order valence-corrected chi connectivity index (χ4v) is 9.20. The summed E-state index contributed by atoms with van der Waals surface area (Å²) in [4.78, 5) is 11.3. The number of nitrogens with one attached hydrogen (secondary N) is 2. The van der Waals surface area contributed by atoms with Gasteiger partial charge in [0.1, 0.15) is 40.9 Å². The third kappa shape index (κ3) is 10.5. The number of rotatable bonds is 14. The van der Waals surface area contributed by atoms with Crippen molar-refractivity contribution in [1.82, 2.24) is 10.6 Å². The Morgan fingerprint density at radius 2 is 1.06 bits per heavy atom. The molecule has 5 rings (SSSR count).